The van der Waals surface area contributed by atoms with Crippen LogP contribution in [-0.2, 0) is 14.3 Å². The Balaban J connectivity index is 1.33. The van der Waals surface area contributed by atoms with Gasteiger partial charge in [0, 0.05) is 25.9 Å². The van der Waals surface area contributed by atoms with E-state index in [1.807, 2.05) is 0 Å². The van der Waals surface area contributed by atoms with Gasteiger partial charge in [-0.3, -0.25) is 4.79 Å². The van der Waals surface area contributed by atoms with E-state index in [1.54, 1.807) is 4.90 Å². The van der Waals surface area contributed by atoms with Gasteiger partial charge in [-0.2, -0.15) is 12.6 Å². The molecule has 1 aliphatic heterocycles. The second kappa shape index (κ2) is 6.67. The number of likely N-dealkylation sites (tertiary alicyclic amines) is 1. The molecule has 5 rings (SSSR count). The lowest BCUT2D eigenvalue weighted by Crippen LogP contribution is -2.59. The van der Waals surface area contributed by atoms with Gasteiger partial charge in [-0.1, -0.05) is 0 Å². The molecule has 5 nitrogen and oxygen atoms in total. The van der Waals surface area contributed by atoms with Gasteiger partial charge < -0.3 is 14.4 Å². The molecule has 4 aliphatic carbocycles. The largest absolute Gasteiger partial charge is 0.462 e. The number of thiol groups is 1. The number of amides is 1. The van der Waals surface area contributed by atoms with E-state index < -0.39 is 0 Å². The summed E-state index contributed by atoms with van der Waals surface area (Å²) in [4.78, 5) is 25.9. The molecule has 0 spiro atoms. The quantitative estimate of drug-likeness (QED) is 0.614. The molecule has 0 aromatic heterocycles. The lowest BCUT2D eigenvalue weighted by atomic mass is 9.50. The predicted octanol–water partition coefficient (Wildman–Crippen LogP) is 3.28. The van der Waals surface area contributed by atoms with Crippen LogP contribution in [-0.4, -0.2) is 47.5 Å². The van der Waals surface area contributed by atoms with Crippen LogP contribution in [0.3, 0.4) is 0 Å². The number of ether oxygens (including phenoxy) is 2. The molecule has 1 saturated heterocycles. The van der Waals surface area contributed by atoms with Gasteiger partial charge in [-0.25, -0.2) is 4.79 Å². The topological polar surface area (TPSA) is 55.8 Å². The second-order valence-electron chi connectivity index (χ2n) is 8.69. The SMILES string of the molecule is CC1(OC(=O)N2CCC(OC(=O)CS)CC2)C2CC3CC(C2)CC1C3. The first kappa shape index (κ1) is 17.5. The predicted molar refractivity (Wildman–Crippen MR) is 96.5 cm³/mol. The Morgan fingerprint density at radius 3 is 2.12 bits per heavy atom. The number of piperidine rings is 1. The Morgan fingerprint density at radius 1 is 1.04 bits per heavy atom. The number of rotatable bonds is 3. The molecule has 140 valence electrons. The highest BCUT2D eigenvalue weighted by Gasteiger charge is 2.57. The van der Waals surface area contributed by atoms with E-state index in [4.69, 9.17) is 9.47 Å². The minimum Gasteiger partial charge on any atom is -0.462 e. The van der Waals surface area contributed by atoms with Crippen molar-refractivity contribution in [3.8, 4) is 0 Å². The van der Waals surface area contributed by atoms with Gasteiger partial charge in [0.2, 0.25) is 0 Å². The summed E-state index contributed by atoms with van der Waals surface area (Å²) in [6.07, 6.45) is 7.43. The number of hydrogen-bond donors (Lipinski definition) is 1. The second-order valence-corrected chi connectivity index (χ2v) is 9.01. The molecule has 0 N–H and O–H groups in total. The maximum absolute atomic E-state index is 12.8. The minimum absolute atomic E-state index is 0.0968. The van der Waals surface area contributed by atoms with Crippen molar-refractivity contribution in [2.75, 3.05) is 18.8 Å². The van der Waals surface area contributed by atoms with E-state index in [2.05, 4.69) is 19.6 Å². The first-order chi connectivity index (χ1) is 12.0. The molecule has 6 heteroatoms. The molecule has 4 saturated carbocycles. The summed E-state index contributed by atoms with van der Waals surface area (Å²) in [6.45, 7) is 3.37. The fraction of sp³-hybridized carbons (Fsp3) is 0.895. The fourth-order valence-corrected chi connectivity index (χ4v) is 5.99. The zero-order valence-electron chi connectivity index (χ0n) is 15.0. The molecule has 0 aromatic carbocycles. The van der Waals surface area contributed by atoms with Gasteiger partial charge in [0.25, 0.3) is 0 Å². The third-order valence-corrected chi connectivity index (χ3v) is 7.45. The molecule has 5 fully saturated rings. The summed E-state index contributed by atoms with van der Waals surface area (Å²) >= 11 is 3.93. The van der Waals surface area contributed by atoms with Crippen molar-refractivity contribution in [1.29, 1.82) is 0 Å². The van der Waals surface area contributed by atoms with Crippen molar-refractivity contribution in [3.63, 3.8) is 0 Å². The molecule has 1 heterocycles. The molecular weight excluding hydrogens is 338 g/mol. The molecule has 25 heavy (non-hydrogen) atoms. The van der Waals surface area contributed by atoms with E-state index in [-0.39, 0.29) is 29.5 Å². The molecule has 0 unspecified atom stereocenters. The van der Waals surface area contributed by atoms with E-state index in [0.29, 0.717) is 37.8 Å². The fourth-order valence-electron chi connectivity index (χ4n) is 5.92. The van der Waals surface area contributed by atoms with E-state index >= 15 is 0 Å². The lowest BCUT2D eigenvalue weighted by molar-refractivity contribution is -0.168. The highest BCUT2D eigenvalue weighted by molar-refractivity contribution is 7.81. The third kappa shape index (κ3) is 3.26. The van der Waals surface area contributed by atoms with Crippen molar-refractivity contribution in [1.82, 2.24) is 4.90 Å². The van der Waals surface area contributed by atoms with Gasteiger partial charge >= 0.3 is 12.1 Å². The Hall–Kier alpha value is -0.910. The molecule has 0 atom stereocenters. The zero-order valence-corrected chi connectivity index (χ0v) is 15.9. The summed E-state index contributed by atoms with van der Waals surface area (Å²) < 4.78 is 11.5. The van der Waals surface area contributed by atoms with Crippen molar-refractivity contribution in [2.45, 2.75) is 63.6 Å². The highest BCUT2D eigenvalue weighted by Crippen LogP contribution is 2.59. The van der Waals surface area contributed by atoms with Gasteiger partial charge in [-0.15, -0.1) is 0 Å². The summed E-state index contributed by atoms with van der Waals surface area (Å²) in [5, 5.41) is 0. The van der Waals surface area contributed by atoms with Crippen LogP contribution in [0.15, 0.2) is 0 Å². The average Bonchev–Trinajstić information content (AvgIpc) is 2.59. The van der Waals surface area contributed by atoms with Gasteiger partial charge in [0.1, 0.15) is 11.7 Å². The van der Waals surface area contributed by atoms with Crippen LogP contribution in [0.1, 0.15) is 51.9 Å². The van der Waals surface area contributed by atoms with Crippen LogP contribution >= 0.6 is 12.6 Å². The smallest absolute Gasteiger partial charge is 0.410 e. The molecule has 5 aliphatic rings. The Labute approximate surface area is 155 Å². The van der Waals surface area contributed by atoms with E-state index in [0.717, 1.165) is 11.8 Å². The number of nitrogens with zero attached hydrogens (tertiary/aromatic N) is 1. The standard InChI is InChI=1S/C19H29NO4S/c1-19(14-7-12-6-13(9-14)10-15(19)8-12)24-18(22)20-4-2-16(3-5-20)23-17(21)11-25/h12-16,25H,2-11H2,1H3. The third-order valence-electron chi connectivity index (χ3n) is 7.19. The van der Waals surface area contributed by atoms with Crippen LogP contribution < -0.4 is 0 Å². The Kier molecular flexibility index (Phi) is 4.67. The van der Waals surface area contributed by atoms with E-state index in [1.165, 1.54) is 32.1 Å². The molecule has 4 bridgehead atoms. The van der Waals surface area contributed by atoms with Crippen molar-refractivity contribution >= 4 is 24.7 Å². The van der Waals surface area contributed by atoms with Gasteiger partial charge in [0.05, 0.1) is 5.75 Å². The van der Waals surface area contributed by atoms with Crippen molar-refractivity contribution < 1.29 is 19.1 Å². The maximum Gasteiger partial charge on any atom is 0.410 e. The molecule has 0 radical (unpaired) electrons. The maximum atomic E-state index is 12.8. The van der Waals surface area contributed by atoms with E-state index in [9.17, 15) is 9.59 Å². The van der Waals surface area contributed by atoms with Gasteiger partial charge in [-0.05, 0) is 62.7 Å². The molecular formula is C19H29NO4S. The first-order valence-corrected chi connectivity index (χ1v) is 10.4. The molecule has 0 aromatic rings. The number of carbonyl (C=O) groups excluding carboxylic acids is 2. The lowest BCUT2D eigenvalue weighted by Gasteiger charge is -2.59. The number of carbonyl (C=O) groups is 2. The number of esters is 1. The van der Waals surface area contributed by atoms with Crippen LogP contribution in [0.25, 0.3) is 0 Å². The van der Waals surface area contributed by atoms with Crippen molar-refractivity contribution in [3.05, 3.63) is 0 Å². The highest BCUT2D eigenvalue weighted by atomic mass is 32.1. The first-order valence-electron chi connectivity index (χ1n) is 9.76. The Bertz CT molecular complexity index is 516. The van der Waals surface area contributed by atoms with Crippen LogP contribution in [0.4, 0.5) is 4.79 Å². The summed E-state index contributed by atoms with van der Waals surface area (Å²) in [5.41, 5.74) is -0.278. The van der Waals surface area contributed by atoms with Crippen LogP contribution in [0.5, 0.6) is 0 Å². The summed E-state index contributed by atoms with van der Waals surface area (Å²) in [5.74, 6) is 2.64. The van der Waals surface area contributed by atoms with Gasteiger partial charge in [0.15, 0.2) is 0 Å². The van der Waals surface area contributed by atoms with Crippen LogP contribution in [0.2, 0.25) is 0 Å². The average molecular weight is 368 g/mol. The van der Waals surface area contributed by atoms with Crippen molar-refractivity contribution in [2.24, 2.45) is 23.7 Å². The number of hydrogen-bond acceptors (Lipinski definition) is 5. The van der Waals surface area contributed by atoms with Crippen LogP contribution in [0, 0.1) is 23.7 Å². The summed E-state index contributed by atoms with van der Waals surface area (Å²) in [6, 6.07) is 0. The monoisotopic (exact) mass is 367 g/mol. The minimum atomic E-state index is -0.287. The summed E-state index contributed by atoms with van der Waals surface area (Å²) in [7, 11) is 0. The molecule has 1 amide bonds. The normalized spacial score (nSPS) is 40.2. The zero-order chi connectivity index (χ0) is 17.6. The Morgan fingerprint density at radius 2 is 1.60 bits per heavy atom.